The molecule has 2 aliphatic carbocycles. The quantitative estimate of drug-likeness (QED) is 0.342. The highest BCUT2D eigenvalue weighted by atomic mass is 16.5. The molecule has 3 aliphatic rings. The maximum absolute atomic E-state index is 10.6. The Morgan fingerprint density at radius 2 is 2.03 bits per heavy atom. The molecule has 0 aromatic carbocycles. The summed E-state index contributed by atoms with van der Waals surface area (Å²) in [6, 6.07) is 0. The van der Waals surface area contributed by atoms with Crippen LogP contribution in [0.1, 0.15) is 58.8 Å². The Bertz CT molecular complexity index is 640. The van der Waals surface area contributed by atoms with Crippen molar-refractivity contribution in [3.05, 3.63) is 23.8 Å². The minimum atomic E-state index is -0.486. The molecule has 4 nitrogen and oxygen atoms in total. The number of aliphatic hydroxyl groups is 2. The SMILES string of the molecule is CC#CC[C@@H](C)[C@H](O)/C=C/[C@@H]1[C@H]2C/C(=C/CCCCN3CCOCC3)C[C@H]2C[C@H]1O. The number of nitrogens with zero attached hydrogens (tertiary/aromatic N) is 1. The van der Waals surface area contributed by atoms with Crippen LogP contribution in [0.15, 0.2) is 23.8 Å². The molecule has 1 saturated heterocycles. The fourth-order valence-electron chi connectivity index (χ4n) is 5.37. The third-order valence-corrected chi connectivity index (χ3v) is 7.29. The van der Waals surface area contributed by atoms with E-state index in [0.717, 1.165) is 45.6 Å². The molecule has 1 aliphatic heterocycles. The van der Waals surface area contributed by atoms with E-state index in [1.165, 1.54) is 25.8 Å². The first-order chi connectivity index (χ1) is 14.6. The van der Waals surface area contributed by atoms with E-state index in [2.05, 4.69) is 28.9 Å². The topological polar surface area (TPSA) is 52.9 Å². The van der Waals surface area contributed by atoms with E-state index in [0.29, 0.717) is 18.3 Å². The summed E-state index contributed by atoms with van der Waals surface area (Å²) in [7, 11) is 0. The molecule has 0 unspecified atom stereocenters. The van der Waals surface area contributed by atoms with Crippen LogP contribution in [-0.2, 0) is 4.74 Å². The highest BCUT2D eigenvalue weighted by Crippen LogP contribution is 2.50. The van der Waals surface area contributed by atoms with E-state index in [9.17, 15) is 10.2 Å². The summed E-state index contributed by atoms with van der Waals surface area (Å²) < 4.78 is 5.41. The highest BCUT2D eigenvalue weighted by molar-refractivity contribution is 5.18. The molecule has 4 heteroatoms. The Hall–Kier alpha value is -1.12. The Kier molecular flexibility index (Phi) is 9.46. The Labute approximate surface area is 183 Å². The maximum Gasteiger partial charge on any atom is 0.0755 e. The molecule has 168 valence electrons. The van der Waals surface area contributed by atoms with Crippen LogP contribution in [0.25, 0.3) is 0 Å². The monoisotopic (exact) mass is 415 g/mol. The van der Waals surface area contributed by atoms with E-state index in [4.69, 9.17) is 4.74 Å². The van der Waals surface area contributed by atoms with Crippen molar-refractivity contribution in [2.45, 2.75) is 71.0 Å². The lowest BCUT2D eigenvalue weighted by Crippen LogP contribution is -2.36. The lowest BCUT2D eigenvalue weighted by Gasteiger charge is -2.26. The first-order valence-electron chi connectivity index (χ1n) is 12.0. The third-order valence-electron chi connectivity index (χ3n) is 7.29. The van der Waals surface area contributed by atoms with Gasteiger partial charge in [0.15, 0.2) is 0 Å². The number of allylic oxidation sites excluding steroid dienone is 2. The molecule has 0 amide bonds. The standard InChI is InChI=1S/C26H41NO3/c1-3-4-8-20(2)25(28)11-10-23-24-18-21(17-22(24)19-26(23)29)9-6-5-7-12-27-13-15-30-16-14-27/h9-11,20,22-26,28-29H,5-8,12-19H2,1-2H3/b11-10+,21-9+/t20-,22+,23-,24+,25-,26-/m1/s1. The van der Waals surface area contributed by atoms with E-state index in [-0.39, 0.29) is 17.9 Å². The van der Waals surface area contributed by atoms with Gasteiger partial charge >= 0.3 is 0 Å². The molecule has 2 saturated carbocycles. The van der Waals surface area contributed by atoms with Crippen molar-refractivity contribution < 1.29 is 14.9 Å². The van der Waals surface area contributed by atoms with Crippen molar-refractivity contribution in [3.63, 3.8) is 0 Å². The normalized spacial score (nSPS) is 32.9. The number of hydrogen-bond acceptors (Lipinski definition) is 4. The van der Waals surface area contributed by atoms with Gasteiger partial charge in [0.05, 0.1) is 25.4 Å². The molecule has 0 radical (unpaired) electrons. The number of morpholine rings is 1. The second kappa shape index (κ2) is 12.1. The number of aliphatic hydroxyl groups excluding tert-OH is 2. The molecule has 30 heavy (non-hydrogen) atoms. The molecule has 3 fully saturated rings. The summed E-state index contributed by atoms with van der Waals surface area (Å²) in [5.41, 5.74) is 1.59. The maximum atomic E-state index is 10.6. The summed E-state index contributed by atoms with van der Waals surface area (Å²) in [4.78, 5) is 2.51. The van der Waals surface area contributed by atoms with Gasteiger partial charge in [-0.3, -0.25) is 4.90 Å². The average molecular weight is 416 g/mol. The molecule has 0 spiro atoms. The molecule has 0 bridgehead atoms. The van der Waals surface area contributed by atoms with Gasteiger partial charge in [-0.1, -0.05) is 30.7 Å². The highest BCUT2D eigenvalue weighted by Gasteiger charge is 2.44. The van der Waals surface area contributed by atoms with Crippen LogP contribution < -0.4 is 0 Å². The van der Waals surface area contributed by atoms with Crippen LogP contribution in [0.5, 0.6) is 0 Å². The van der Waals surface area contributed by atoms with Gasteiger partial charge in [0.2, 0.25) is 0 Å². The summed E-state index contributed by atoms with van der Waals surface area (Å²) in [6.07, 6.45) is 13.3. The fraction of sp³-hybridized carbons (Fsp3) is 0.769. The Balaban J connectivity index is 1.42. The zero-order valence-electron chi connectivity index (χ0n) is 18.9. The Morgan fingerprint density at radius 1 is 1.23 bits per heavy atom. The second-order valence-corrected chi connectivity index (χ2v) is 9.51. The Morgan fingerprint density at radius 3 is 2.80 bits per heavy atom. The molecular formula is C26H41NO3. The van der Waals surface area contributed by atoms with Gasteiger partial charge in [0, 0.05) is 25.4 Å². The molecular weight excluding hydrogens is 374 g/mol. The van der Waals surface area contributed by atoms with Crippen molar-refractivity contribution in [2.75, 3.05) is 32.8 Å². The van der Waals surface area contributed by atoms with Crippen LogP contribution in [0.2, 0.25) is 0 Å². The molecule has 0 aromatic rings. The number of hydrogen-bond donors (Lipinski definition) is 2. The van der Waals surface area contributed by atoms with E-state index in [1.807, 2.05) is 19.9 Å². The zero-order valence-corrected chi connectivity index (χ0v) is 18.9. The van der Waals surface area contributed by atoms with Crippen LogP contribution >= 0.6 is 0 Å². The average Bonchev–Trinajstić information content (AvgIpc) is 3.27. The van der Waals surface area contributed by atoms with E-state index < -0.39 is 6.10 Å². The first kappa shape index (κ1) is 23.5. The molecule has 3 rings (SSSR count). The second-order valence-electron chi connectivity index (χ2n) is 9.51. The van der Waals surface area contributed by atoms with E-state index in [1.54, 1.807) is 5.57 Å². The fourth-order valence-corrected chi connectivity index (χ4v) is 5.37. The van der Waals surface area contributed by atoms with Crippen LogP contribution in [0, 0.1) is 35.5 Å². The predicted molar refractivity (Wildman–Crippen MR) is 122 cm³/mol. The van der Waals surface area contributed by atoms with Gasteiger partial charge in [-0.15, -0.1) is 11.8 Å². The van der Waals surface area contributed by atoms with Crippen molar-refractivity contribution in [1.82, 2.24) is 4.90 Å². The molecule has 0 aromatic heterocycles. The molecule has 2 N–H and O–H groups in total. The van der Waals surface area contributed by atoms with Gasteiger partial charge in [0.25, 0.3) is 0 Å². The van der Waals surface area contributed by atoms with Crippen LogP contribution in [0.4, 0.5) is 0 Å². The van der Waals surface area contributed by atoms with Crippen molar-refractivity contribution in [1.29, 1.82) is 0 Å². The summed E-state index contributed by atoms with van der Waals surface area (Å²) in [5.74, 6) is 7.39. The van der Waals surface area contributed by atoms with Gasteiger partial charge in [-0.25, -0.2) is 0 Å². The summed E-state index contributed by atoms with van der Waals surface area (Å²) in [6.45, 7) is 9.00. The lowest BCUT2D eigenvalue weighted by atomic mass is 9.89. The van der Waals surface area contributed by atoms with Gasteiger partial charge in [-0.05, 0) is 69.7 Å². The van der Waals surface area contributed by atoms with Gasteiger partial charge in [0.1, 0.15) is 0 Å². The van der Waals surface area contributed by atoms with Crippen molar-refractivity contribution in [3.8, 4) is 11.8 Å². The molecule has 1 heterocycles. The smallest absolute Gasteiger partial charge is 0.0755 e. The third kappa shape index (κ3) is 6.69. The van der Waals surface area contributed by atoms with Crippen molar-refractivity contribution in [2.24, 2.45) is 23.7 Å². The number of ether oxygens (including phenoxy) is 1. The number of unbranched alkanes of at least 4 members (excludes halogenated alkanes) is 2. The summed E-state index contributed by atoms with van der Waals surface area (Å²) >= 11 is 0. The van der Waals surface area contributed by atoms with Crippen LogP contribution in [0.3, 0.4) is 0 Å². The number of rotatable bonds is 9. The minimum Gasteiger partial charge on any atom is -0.392 e. The van der Waals surface area contributed by atoms with Crippen molar-refractivity contribution >= 4 is 0 Å². The largest absolute Gasteiger partial charge is 0.392 e. The minimum absolute atomic E-state index is 0.125. The number of fused-ring (bicyclic) bond motifs is 1. The van der Waals surface area contributed by atoms with Crippen LogP contribution in [-0.4, -0.2) is 60.2 Å². The van der Waals surface area contributed by atoms with E-state index >= 15 is 0 Å². The summed E-state index contributed by atoms with van der Waals surface area (Å²) in [5, 5.41) is 20.9. The zero-order chi connectivity index (χ0) is 21.3. The van der Waals surface area contributed by atoms with Gasteiger partial charge in [-0.2, -0.15) is 0 Å². The molecule has 6 atom stereocenters. The first-order valence-corrected chi connectivity index (χ1v) is 12.0. The lowest BCUT2D eigenvalue weighted by molar-refractivity contribution is 0.0372. The predicted octanol–water partition coefficient (Wildman–Crippen LogP) is 3.79. The van der Waals surface area contributed by atoms with Gasteiger partial charge < -0.3 is 14.9 Å².